The Balaban J connectivity index is 2.30. The fourth-order valence-electron chi connectivity index (χ4n) is 2.16. The van der Waals surface area contributed by atoms with Gasteiger partial charge in [-0.1, -0.05) is 35.0 Å². The molecule has 1 aromatic carbocycles. The number of carbonyl (C=O) groups excluding carboxylic acids is 1. The molecule has 2 N–H and O–H groups in total. The first-order chi connectivity index (χ1) is 7.06. The number of halogens is 1. The van der Waals surface area contributed by atoms with Gasteiger partial charge >= 0.3 is 0 Å². The van der Waals surface area contributed by atoms with Crippen LogP contribution in [0, 0.1) is 5.92 Å². The average Bonchev–Trinajstić information content (AvgIpc) is 2.99. The molecule has 1 aromatic rings. The standard InChI is InChI=1S/C12H14BrNO/c1-8(11(14)15)12(6-7-12)9-2-4-10(13)5-3-9/h2-5,8H,6-7H2,1H3,(H2,14,15). The lowest BCUT2D eigenvalue weighted by Crippen LogP contribution is -2.31. The fraction of sp³-hybridized carbons (Fsp3) is 0.417. The lowest BCUT2D eigenvalue weighted by Gasteiger charge is -2.21. The molecule has 2 rings (SSSR count). The Labute approximate surface area is 98.0 Å². The lowest BCUT2D eigenvalue weighted by molar-refractivity contribution is -0.122. The molecule has 80 valence electrons. The summed E-state index contributed by atoms with van der Waals surface area (Å²) in [4.78, 5) is 11.2. The second kappa shape index (κ2) is 3.63. The Morgan fingerprint density at radius 1 is 1.40 bits per heavy atom. The van der Waals surface area contributed by atoms with Crippen molar-refractivity contribution < 1.29 is 4.79 Å². The highest BCUT2D eigenvalue weighted by Gasteiger charge is 2.50. The normalized spacial score (nSPS) is 19.6. The second-order valence-corrected chi connectivity index (χ2v) is 5.20. The number of rotatable bonds is 3. The van der Waals surface area contributed by atoms with Crippen LogP contribution >= 0.6 is 15.9 Å². The molecule has 2 nitrogen and oxygen atoms in total. The van der Waals surface area contributed by atoms with E-state index >= 15 is 0 Å². The minimum atomic E-state index is -0.199. The lowest BCUT2D eigenvalue weighted by atomic mass is 9.83. The van der Waals surface area contributed by atoms with Crippen molar-refractivity contribution >= 4 is 21.8 Å². The van der Waals surface area contributed by atoms with E-state index in [2.05, 4.69) is 28.1 Å². The molecule has 1 fully saturated rings. The topological polar surface area (TPSA) is 43.1 Å². The summed E-state index contributed by atoms with van der Waals surface area (Å²) in [6.07, 6.45) is 2.14. The van der Waals surface area contributed by atoms with Crippen LogP contribution in [0.15, 0.2) is 28.7 Å². The summed E-state index contributed by atoms with van der Waals surface area (Å²) in [5.74, 6) is -0.269. The number of benzene rings is 1. The molecule has 0 spiro atoms. The maximum absolute atomic E-state index is 11.2. The van der Waals surface area contributed by atoms with Gasteiger partial charge in [0.25, 0.3) is 0 Å². The van der Waals surface area contributed by atoms with E-state index in [1.165, 1.54) is 5.56 Å². The Hall–Kier alpha value is -0.830. The van der Waals surface area contributed by atoms with Crippen molar-refractivity contribution in [3.8, 4) is 0 Å². The summed E-state index contributed by atoms with van der Waals surface area (Å²) in [6, 6.07) is 8.19. The fourth-order valence-corrected chi connectivity index (χ4v) is 2.42. The highest BCUT2D eigenvalue weighted by Crippen LogP contribution is 2.53. The van der Waals surface area contributed by atoms with Crippen molar-refractivity contribution in [3.63, 3.8) is 0 Å². The van der Waals surface area contributed by atoms with Crippen molar-refractivity contribution in [2.24, 2.45) is 11.7 Å². The first-order valence-corrected chi connectivity index (χ1v) is 5.91. The first-order valence-electron chi connectivity index (χ1n) is 5.11. The molecular weight excluding hydrogens is 254 g/mol. The van der Waals surface area contributed by atoms with Crippen molar-refractivity contribution in [2.75, 3.05) is 0 Å². The number of hydrogen-bond acceptors (Lipinski definition) is 1. The van der Waals surface area contributed by atoms with Gasteiger partial charge in [0.05, 0.1) is 0 Å². The molecule has 1 aliphatic carbocycles. The van der Waals surface area contributed by atoms with Crippen LogP contribution in [0.4, 0.5) is 0 Å². The Bertz CT molecular complexity index is 381. The minimum Gasteiger partial charge on any atom is -0.369 e. The molecule has 1 saturated carbocycles. The molecule has 0 heterocycles. The van der Waals surface area contributed by atoms with E-state index in [1.807, 2.05) is 19.1 Å². The molecule has 0 bridgehead atoms. The molecule has 0 aliphatic heterocycles. The van der Waals surface area contributed by atoms with Crippen molar-refractivity contribution in [1.82, 2.24) is 0 Å². The van der Waals surface area contributed by atoms with Crippen molar-refractivity contribution in [2.45, 2.75) is 25.2 Å². The summed E-state index contributed by atoms with van der Waals surface area (Å²) in [5.41, 5.74) is 6.63. The van der Waals surface area contributed by atoms with Crippen LogP contribution in [-0.4, -0.2) is 5.91 Å². The van der Waals surface area contributed by atoms with E-state index in [0.717, 1.165) is 17.3 Å². The van der Waals surface area contributed by atoms with Gasteiger partial charge < -0.3 is 5.73 Å². The Morgan fingerprint density at radius 3 is 2.33 bits per heavy atom. The van der Waals surface area contributed by atoms with Gasteiger partial charge in [0.2, 0.25) is 5.91 Å². The summed E-state index contributed by atoms with van der Waals surface area (Å²) < 4.78 is 1.06. The van der Waals surface area contributed by atoms with Gasteiger partial charge in [-0.25, -0.2) is 0 Å². The molecule has 1 amide bonds. The van der Waals surface area contributed by atoms with Gasteiger partial charge in [-0.3, -0.25) is 4.79 Å². The molecule has 1 atom stereocenters. The van der Waals surface area contributed by atoms with Gasteiger partial charge in [-0.05, 0) is 30.5 Å². The summed E-state index contributed by atoms with van der Waals surface area (Å²) >= 11 is 3.41. The quantitative estimate of drug-likeness (QED) is 0.899. The number of carbonyl (C=O) groups is 1. The van der Waals surface area contributed by atoms with Crippen LogP contribution in [0.25, 0.3) is 0 Å². The average molecular weight is 268 g/mol. The van der Waals surface area contributed by atoms with Crippen LogP contribution in [0.1, 0.15) is 25.3 Å². The third kappa shape index (κ3) is 1.81. The van der Waals surface area contributed by atoms with Gasteiger partial charge in [0.1, 0.15) is 0 Å². The Morgan fingerprint density at radius 2 is 1.93 bits per heavy atom. The summed E-state index contributed by atoms with van der Waals surface area (Å²) in [6.45, 7) is 1.93. The highest BCUT2D eigenvalue weighted by molar-refractivity contribution is 9.10. The summed E-state index contributed by atoms with van der Waals surface area (Å²) in [7, 11) is 0. The molecule has 0 aromatic heterocycles. The maximum Gasteiger partial charge on any atom is 0.221 e. The van der Waals surface area contributed by atoms with Gasteiger partial charge in [-0.2, -0.15) is 0 Å². The first kappa shape index (κ1) is 10.7. The van der Waals surface area contributed by atoms with Gasteiger partial charge in [0.15, 0.2) is 0 Å². The van der Waals surface area contributed by atoms with Crippen LogP contribution in [0.3, 0.4) is 0 Å². The maximum atomic E-state index is 11.2. The number of primary amides is 1. The largest absolute Gasteiger partial charge is 0.369 e. The smallest absolute Gasteiger partial charge is 0.221 e. The zero-order chi connectivity index (χ0) is 11.1. The molecule has 15 heavy (non-hydrogen) atoms. The Kier molecular flexibility index (Phi) is 2.59. The molecule has 1 unspecified atom stereocenters. The second-order valence-electron chi connectivity index (χ2n) is 4.29. The van der Waals surface area contributed by atoms with E-state index < -0.39 is 0 Å². The van der Waals surface area contributed by atoms with Crippen molar-refractivity contribution in [1.29, 1.82) is 0 Å². The predicted molar refractivity (Wildman–Crippen MR) is 63.4 cm³/mol. The van der Waals surface area contributed by atoms with Crippen LogP contribution in [0.5, 0.6) is 0 Å². The molecule has 3 heteroatoms. The summed E-state index contributed by atoms with van der Waals surface area (Å²) in [5, 5.41) is 0. The molecule has 0 saturated heterocycles. The van der Waals surface area contributed by atoms with Crippen molar-refractivity contribution in [3.05, 3.63) is 34.3 Å². The third-order valence-corrected chi connectivity index (χ3v) is 3.99. The van der Waals surface area contributed by atoms with Gasteiger partial charge in [0, 0.05) is 15.8 Å². The highest BCUT2D eigenvalue weighted by atomic mass is 79.9. The zero-order valence-corrected chi connectivity index (χ0v) is 10.3. The van der Waals surface area contributed by atoms with E-state index in [-0.39, 0.29) is 17.2 Å². The van der Waals surface area contributed by atoms with Crippen LogP contribution in [0.2, 0.25) is 0 Å². The number of amides is 1. The van der Waals surface area contributed by atoms with Crippen LogP contribution < -0.4 is 5.73 Å². The van der Waals surface area contributed by atoms with E-state index in [9.17, 15) is 4.79 Å². The molecule has 1 aliphatic rings. The van der Waals surface area contributed by atoms with E-state index in [1.54, 1.807) is 0 Å². The SMILES string of the molecule is CC(C(N)=O)C1(c2ccc(Br)cc2)CC1. The number of nitrogens with two attached hydrogens (primary N) is 1. The molecule has 0 radical (unpaired) electrons. The van der Waals surface area contributed by atoms with Gasteiger partial charge in [-0.15, -0.1) is 0 Å². The number of hydrogen-bond donors (Lipinski definition) is 1. The monoisotopic (exact) mass is 267 g/mol. The van der Waals surface area contributed by atoms with Crippen LogP contribution in [-0.2, 0) is 10.2 Å². The third-order valence-electron chi connectivity index (χ3n) is 3.46. The minimum absolute atomic E-state index is 0.0204. The zero-order valence-electron chi connectivity index (χ0n) is 8.66. The molecular formula is C12H14BrNO. The predicted octanol–water partition coefficient (Wildman–Crippen LogP) is 2.60. The van der Waals surface area contributed by atoms with E-state index in [0.29, 0.717) is 0 Å². The van der Waals surface area contributed by atoms with E-state index in [4.69, 9.17) is 5.73 Å².